The molecule has 0 spiro atoms. The van der Waals surface area contributed by atoms with Gasteiger partial charge in [0.15, 0.2) is 5.96 Å². The van der Waals surface area contributed by atoms with Crippen LogP contribution in [0.15, 0.2) is 47.6 Å². The number of fused-ring (bicyclic) bond motifs is 1. The van der Waals surface area contributed by atoms with Crippen LogP contribution in [0, 0.1) is 0 Å². The Morgan fingerprint density at radius 3 is 2.78 bits per heavy atom. The molecule has 5 nitrogen and oxygen atoms in total. The van der Waals surface area contributed by atoms with E-state index in [1.165, 1.54) is 0 Å². The molecule has 2 N–H and O–H groups in total. The predicted molar refractivity (Wildman–Crippen MR) is 121 cm³/mol. The maximum absolute atomic E-state index is 6.10. The molecule has 27 heavy (non-hydrogen) atoms. The monoisotopic (exact) mass is 500 g/mol. The number of pyridine rings is 1. The first-order chi connectivity index (χ1) is 12.5. The van der Waals surface area contributed by atoms with Gasteiger partial charge in [0.05, 0.1) is 6.04 Å². The number of nitrogens with one attached hydrogen (secondary N) is 2. The molecule has 3 rings (SSSR count). The second kappa shape index (κ2) is 9.59. The number of hydrogen-bond acceptors (Lipinski definition) is 3. The van der Waals surface area contributed by atoms with Crippen LogP contribution in [-0.2, 0) is 6.42 Å². The van der Waals surface area contributed by atoms with Crippen LogP contribution >= 0.6 is 35.6 Å². The Bertz CT molecular complexity index is 780. The summed E-state index contributed by atoms with van der Waals surface area (Å²) >= 11 is 5.83. The Kier molecular flexibility index (Phi) is 7.73. The van der Waals surface area contributed by atoms with Gasteiger partial charge < -0.3 is 15.4 Å². The first kappa shape index (κ1) is 21.8. The molecule has 1 atom stereocenters. The summed E-state index contributed by atoms with van der Waals surface area (Å²) in [7, 11) is 1.79. The number of benzene rings is 1. The van der Waals surface area contributed by atoms with Gasteiger partial charge in [0, 0.05) is 31.8 Å². The molecule has 0 radical (unpaired) electrons. The van der Waals surface area contributed by atoms with E-state index in [1.807, 2.05) is 30.3 Å². The average Bonchev–Trinajstić information content (AvgIpc) is 2.61. The fourth-order valence-corrected chi connectivity index (χ4v) is 3.28. The maximum atomic E-state index is 6.10. The molecule has 146 valence electrons. The van der Waals surface area contributed by atoms with Crippen molar-refractivity contribution in [1.29, 1.82) is 0 Å². The molecule has 0 aliphatic carbocycles. The summed E-state index contributed by atoms with van der Waals surface area (Å²) in [5, 5.41) is 7.42. The summed E-state index contributed by atoms with van der Waals surface area (Å²) in [5.74, 6) is 1.72. The minimum atomic E-state index is -0.222. The minimum Gasteiger partial charge on any atom is -0.487 e. The Balaban J connectivity index is 0.00000261. The van der Waals surface area contributed by atoms with E-state index in [4.69, 9.17) is 16.3 Å². The van der Waals surface area contributed by atoms with E-state index in [9.17, 15) is 0 Å². The molecular formula is C20H26ClIN4O. The van der Waals surface area contributed by atoms with Crippen molar-refractivity contribution in [2.45, 2.75) is 38.3 Å². The van der Waals surface area contributed by atoms with Gasteiger partial charge in [0.2, 0.25) is 0 Å². The largest absolute Gasteiger partial charge is 0.487 e. The minimum absolute atomic E-state index is 0. The number of hydrogen-bond donors (Lipinski definition) is 2. The standard InChI is InChI=1S/C20H25ClN4O.HI/c1-20(2)12-16(15-6-4-5-7-17(15)26-20)25-19(22-3)23-11-10-14-8-9-18(21)24-13-14;/h4-9,13,16H,10-12H2,1-3H3,(H2,22,23,25);1H. The van der Waals surface area contributed by atoms with Crippen LogP contribution in [0.5, 0.6) is 5.75 Å². The number of para-hydroxylation sites is 1. The lowest BCUT2D eigenvalue weighted by Gasteiger charge is -2.38. The first-order valence-corrected chi connectivity index (χ1v) is 9.20. The second-order valence-electron chi connectivity index (χ2n) is 7.04. The molecule has 7 heteroatoms. The lowest BCUT2D eigenvalue weighted by Crippen LogP contribution is -2.45. The van der Waals surface area contributed by atoms with Crippen molar-refractivity contribution in [3.05, 3.63) is 58.9 Å². The van der Waals surface area contributed by atoms with Crippen molar-refractivity contribution in [2.24, 2.45) is 4.99 Å². The number of ether oxygens (including phenoxy) is 1. The first-order valence-electron chi connectivity index (χ1n) is 8.82. The lowest BCUT2D eigenvalue weighted by molar-refractivity contribution is 0.0694. The van der Waals surface area contributed by atoms with Crippen molar-refractivity contribution in [3.8, 4) is 5.75 Å². The molecule has 0 fully saturated rings. The van der Waals surface area contributed by atoms with Gasteiger partial charge in [-0.3, -0.25) is 4.99 Å². The summed E-state index contributed by atoms with van der Waals surface area (Å²) in [6.45, 7) is 4.99. The molecule has 1 aliphatic heterocycles. The van der Waals surface area contributed by atoms with Crippen molar-refractivity contribution in [1.82, 2.24) is 15.6 Å². The van der Waals surface area contributed by atoms with Crippen molar-refractivity contribution in [3.63, 3.8) is 0 Å². The van der Waals surface area contributed by atoms with Gasteiger partial charge >= 0.3 is 0 Å². The molecule has 1 aromatic carbocycles. The highest BCUT2D eigenvalue weighted by atomic mass is 127. The molecular weight excluding hydrogens is 475 g/mol. The van der Waals surface area contributed by atoms with E-state index in [0.717, 1.165) is 42.2 Å². The third-order valence-corrected chi connectivity index (χ3v) is 4.63. The molecule has 0 amide bonds. The number of halogens is 2. The summed E-state index contributed by atoms with van der Waals surface area (Å²) in [5.41, 5.74) is 2.08. The van der Waals surface area contributed by atoms with Crippen LogP contribution in [0.25, 0.3) is 0 Å². The fourth-order valence-electron chi connectivity index (χ4n) is 3.17. The third kappa shape index (κ3) is 5.97. The molecule has 2 heterocycles. The molecule has 1 unspecified atom stereocenters. The van der Waals surface area contributed by atoms with E-state index in [-0.39, 0.29) is 35.6 Å². The molecule has 1 aromatic heterocycles. The van der Waals surface area contributed by atoms with Crippen LogP contribution in [0.2, 0.25) is 5.15 Å². The van der Waals surface area contributed by atoms with Crippen LogP contribution in [0.3, 0.4) is 0 Å². The van der Waals surface area contributed by atoms with Gasteiger partial charge in [-0.05, 0) is 38.0 Å². The zero-order chi connectivity index (χ0) is 18.6. The van der Waals surface area contributed by atoms with Crippen LogP contribution in [-0.4, -0.2) is 30.1 Å². The van der Waals surface area contributed by atoms with Crippen LogP contribution < -0.4 is 15.4 Å². The summed E-state index contributed by atoms with van der Waals surface area (Å²) < 4.78 is 6.10. The smallest absolute Gasteiger partial charge is 0.191 e. The number of guanidine groups is 1. The van der Waals surface area contributed by atoms with E-state index >= 15 is 0 Å². The Labute approximate surface area is 183 Å². The zero-order valence-electron chi connectivity index (χ0n) is 15.8. The third-order valence-electron chi connectivity index (χ3n) is 4.41. The number of aliphatic imine (C=N–C) groups is 1. The summed E-state index contributed by atoms with van der Waals surface area (Å²) in [6.07, 6.45) is 3.52. The van der Waals surface area contributed by atoms with Gasteiger partial charge in [-0.15, -0.1) is 24.0 Å². The highest BCUT2D eigenvalue weighted by Gasteiger charge is 2.33. The van der Waals surface area contributed by atoms with Crippen molar-refractivity contribution in [2.75, 3.05) is 13.6 Å². The van der Waals surface area contributed by atoms with Gasteiger partial charge in [-0.1, -0.05) is 35.9 Å². The highest BCUT2D eigenvalue weighted by molar-refractivity contribution is 14.0. The molecule has 0 saturated carbocycles. The van der Waals surface area contributed by atoms with Gasteiger partial charge in [-0.25, -0.2) is 4.98 Å². The zero-order valence-corrected chi connectivity index (χ0v) is 18.9. The summed E-state index contributed by atoms with van der Waals surface area (Å²) in [6, 6.07) is 12.1. The number of rotatable bonds is 4. The van der Waals surface area contributed by atoms with Crippen LogP contribution in [0.4, 0.5) is 0 Å². The lowest BCUT2D eigenvalue weighted by atomic mass is 9.90. The van der Waals surface area contributed by atoms with Gasteiger partial charge in [0.1, 0.15) is 16.5 Å². The average molecular weight is 501 g/mol. The van der Waals surface area contributed by atoms with Crippen molar-refractivity contribution >= 4 is 41.5 Å². The molecule has 0 bridgehead atoms. The molecule has 2 aromatic rings. The SMILES string of the molecule is CN=C(NCCc1ccc(Cl)nc1)NC1CC(C)(C)Oc2ccccc21.I. The fraction of sp³-hybridized carbons (Fsp3) is 0.400. The highest BCUT2D eigenvalue weighted by Crippen LogP contribution is 2.39. The number of nitrogens with zero attached hydrogens (tertiary/aromatic N) is 2. The Morgan fingerprint density at radius 1 is 1.30 bits per heavy atom. The normalized spacial score (nSPS) is 17.9. The van der Waals surface area contributed by atoms with E-state index in [1.54, 1.807) is 13.2 Å². The van der Waals surface area contributed by atoms with Crippen molar-refractivity contribution < 1.29 is 4.74 Å². The van der Waals surface area contributed by atoms with Gasteiger partial charge in [-0.2, -0.15) is 0 Å². The summed E-state index contributed by atoms with van der Waals surface area (Å²) in [4.78, 5) is 8.47. The van der Waals surface area contributed by atoms with E-state index in [0.29, 0.717) is 5.15 Å². The molecule has 1 aliphatic rings. The van der Waals surface area contributed by atoms with E-state index < -0.39 is 0 Å². The topological polar surface area (TPSA) is 58.5 Å². The Hall–Kier alpha value is -1.54. The van der Waals surface area contributed by atoms with Crippen LogP contribution in [0.1, 0.15) is 37.4 Å². The second-order valence-corrected chi connectivity index (χ2v) is 7.43. The molecule has 0 saturated heterocycles. The van der Waals surface area contributed by atoms with Gasteiger partial charge in [0.25, 0.3) is 0 Å². The quantitative estimate of drug-likeness (QED) is 0.283. The maximum Gasteiger partial charge on any atom is 0.191 e. The Morgan fingerprint density at radius 2 is 2.07 bits per heavy atom. The van der Waals surface area contributed by atoms with E-state index in [2.05, 4.69) is 40.5 Å². The predicted octanol–water partition coefficient (Wildman–Crippen LogP) is 4.36. The number of aromatic nitrogens is 1.